The van der Waals surface area contributed by atoms with Crippen LogP contribution < -0.4 is 5.32 Å². The minimum absolute atomic E-state index is 0.0590. The van der Waals surface area contributed by atoms with Crippen LogP contribution in [-0.2, 0) is 5.41 Å². The van der Waals surface area contributed by atoms with Crippen molar-refractivity contribution in [2.45, 2.75) is 25.2 Å². The standard InChI is InChI=1S/C14H16FN3O/c1-14(6-8-16-9-7-14)13-17-12(18-19-13)10-2-4-11(15)5-3-10/h2-5,16H,6-9H2,1H3. The number of aromatic nitrogens is 2. The molecule has 0 radical (unpaired) electrons. The van der Waals surface area contributed by atoms with E-state index in [0.717, 1.165) is 31.5 Å². The maximum absolute atomic E-state index is 12.9. The molecule has 5 heteroatoms. The van der Waals surface area contributed by atoms with Crippen LogP contribution in [0.1, 0.15) is 25.7 Å². The molecule has 100 valence electrons. The van der Waals surface area contributed by atoms with Gasteiger partial charge < -0.3 is 9.84 Å². The van der Waals surface area contributed by atoms with E-state index >= 15 is 0 Å². The molecule has 1 aliphatic rings. The molecule has 1 N–H and O–H groups in total. The highest BCUT2D eigenvalue weighted by atomic mass is 19.1. The summed E-state index contributed by atoms with van der Waals surface area (Å²) in [6.07, 6.45) is 1.97. The van der Waals surface area contributed by atoms with Gasteiger partial charge in [-0.05, 0) is 50.2 Å². The molecule has 2 heterocycles. The summed E-state index contributed by atoms with van der Waals surface area (Å²) in [6, 6.07) is 6.12. The first-order chi connectivity index (χ1) is 9.17. The van der Waals surface area contributed by atoms with Gasteiger partial charge in [0.25, 0.3) is 0 Å². The first-order valence-electron chi connectivity index (χ1n) is 6.48. The van der Waals surface area contributed by atoms with E-state index in [2.05, 4.69) is 22.4 Å². The molecule has 1 aliphatic heterocycles. The van der Waals surface area contributed by atoms with E-state index in [1.807, 2.05) is 0 Å². The predicted octanol–water partition coefficient (Wildman–Crippen LogP) is 2.52. The third kappa shape index (κ3) is 2.38. The summed E-state index contributed by atoms with van der Waals surface area (Å²) in [7, 11) is 0. The smallest absolute Gasteiger partial charge is 0.232 e. The van der Waals surface area contributed by atoms with Crippen molar-refractivity contribution >= 4 is 0 Å². The molecule has 0 spiro atoms. The Kier molecular flexibility index (Phi) is 3.06. The summed E-state index contributed by atoms with van der Waals surface area (Å²) in [5, 5.41) is 7.33. The van der Waals surface area contributed by atoms with Gasteiger partial charge in [-0.3, -0.25) is 0 Å². The summed E-state index contributed by atoms with van der Waals surface area (Å²) < 4.78 is 18.3. The lowest BCUT2D eigenvalue weighted by atomic mass is 9.81. The Labute approximate surface area is 111 Å². The van der Waals surface area contributed by atoms with E-state index in [-0.39, 0.29) is 11.2 Å². The van der Waals surface area contributed by atoms with Crippen LogP contribution in [0, 0.1) is 5.82 Å². The Morgan fingerprint density at radius 1 is 1.21 bits per heavy atom. The molecule has 4 nitrogen and oxygen atoms in total. The summed E-state index contributed by atoms with van der Waals surface area (Å²) in [5.41, 5.74) is 0.713. The molecule has 3 rings (SSSR count). The van der Waals surface area contributed by atoms with Crippen molar-refractivity contribution < 1.29 is 8.91 Å². The molecule has 2 aromatic rings. The largest absolute Gasteiger partial charge is 0.338 e. The van der Waals surface area contributed by atoms with Crippen LogP contribution in [0.5, 0.6) is 0 Å². The van der Waals surface area contributed by atoms with Gasteiger partial charge in [-0.1, -0.05) is 12.1 Å². The van der Waals surface area contributed by atoms with E-state index < -0.39 is 0 Å². The minimum atomic E-state index is -0.266. The maximum Gasteiger partial charge on any atom is 0.232 e. The molecule has 0 bridgehead atoms. The number of piperidine rings is 1. The average molecular weight is 261 g/mol. The molecule has 0 saturated carbocycles. The zero-order valence-corrected chi connectivity index (χ0v) is 10.8. The second-order valence-electron chi connectivity index (χ2n) is 5.24. The van der Waals surface area contributed by atoms with Crippen molar-refractivity contribution in [3.05, 3.63) is 36.0 Å². The molecule has 0 amide bonds. The van der Waals surface area contributed by atoms with E-state index in [1.54, 1.807) is 12.1 Å². The number of hydrogen-bond donors (Lipinski definition) is 1. The summed E-state index contributed by atoms with van der Waals surface area (Å²) >= 11 is 0. The van der Waals surface area contributed by atoms with Crippen LogP contribution >= 0.6 is 0 Å². The fraction of sp³-hybridized carbons (Fsp3) is 0.429. The van der Waals surface area contributed by atoms with Gasteiger partial charge in [0.15, 0.2) is 0 Å². The number of halogens is 1. The second-order valence-corrected chi connectivity index (χ2v) is 5.24. The first kappa shape index (κ1) is 12.3. The number of hydrogen-bond acceptors (Lipinski definition) is 4. The van der Waals surface area contributed by atoms with Gasteiger partial charge in [-0.2, -0.15) is 4.98 Å². The van der Waals surface area contributed by atoms with Crippen molar-refractivity contribution in [2.75, 3.05) is 13.1 Å². The van der Waals surface area contributed by atoms with Crippen molar-refractivity contribution in [2.24, 2.45) is 0 Å². The molecule has 19 heavy (non-hydrogen) atoms. The summed E-state index contributed by atoms with van der Waals surface area (Å²) in [4.78, 5) is 4.48. The van der Waals surface area contributed by atoms with Crippen LogP contribution in [-0.4, -0.2) is 23.2 Å². The lowest BCUT2D eigenvalue weighted by Crippen LogP contribution is -2.37. The van der Waals surface area contributed by atoms with E-state index in [4.69, 9.17) is 4.52 Å². The molecule has 0 aliphatic carbocycles. The third-order valence-electron chi connectivity index (χ3n) is 3.75. The van der Waals surface area contributed by atoms with Gasteiger partial charge in [0, 0.05) is 11.0 Å². The van der Waals surface area contributed by atoms with Gasteiger partial charge in [-0.15, -0.1) is 0 Å². The Balaban J connectivity index is 1.88. The zero-order chi connectivity index (χ0) is 13.3. The van der Waals surface area contributed by atoms with E-state index in [1.165, 1.54) is 12.1 Å². The summed E-state index contributed by atoms with van der Waals surface area (Å²) in [6.45, 7) is 4.07. The molecule has 1 fully saturated rings. The molecule has 1 saturated heterocycles. The van der Waals surface area contributed by atoms with Crippen LogP contribution in [0.4, 0.5) is 4.39 Å². The van der Waals surface area contributed by atoms with Gasteiger partial charge in [0.2, 0.25) is 11.7 Å². The normalized spacial score (nSPS) is 18.4. The van der Waals surface area contributed by atoms with Crippen molar-refractivity contribution in [1.82, 2.24) is 15.5 Å². The van der Waals surface area contributed by atoms with Gasteiger partial charge >= 0.3 is 0 Å². The first-order valence-corrected chi connectivity index (χ1v) is 6.48. The topological polar surface area (TPSA) is 51.0 Å². The van der Waals surface area contributed by atoms with Gasteiger partial charge in [0.1, 0.15) is 5.82 Å². The highest BCUT2D eigenvalue weighted by molar-refractivity contribution is 5.53. The van der Waals surface area contributed by atoms with Crippen molar-refractivity contribution in [3.63, 3.8) is 0 Å². The highest BCUT2D eigenvalue weighted by Crippen LogP contribution is 2.32. The second kappa shape index (κ2) is 4.74. The van der Waals surface area contributed by atoms with Crippen LogP contribution in [0.2, 0.25) is 0 Å². The molecule has 0 unspecified atom stereocenters. The number of nitrogens with zero attached hydrogens (tertiary/aromatic N) is 2. The maximum atomic E-state index is 12.9. The van der Waals surface area contributed by atoms with Crippen molar-refractivity contribution in [3.8, 4) is 11.4 Å². The van der Waals surface area contributed by atoms with Crippen LogP contribution in [0.15, 0.2) is 28.8 Å². The molecular formula is C14H16FN3O. The van der Waals surface area contributed by atoms with E-state index in [0.29, 0.717) is 11.7 Å². The van der Waals surface area contributed by atoms with Gasteiger partial charge in [-0.25, -0.2) is 4.39 Å². The Bertz CT molecular complexity index is 558. The summed E-state index contributed by atoms with van der Waals surface area (Å²) in [5.74, 6) is 0.931. The van der Waals surface area contributed by atoms with E-state index in [9.17, 15) is 4.39 Å². The highest BCUT2D eigenvalue weighted by Gasteiger charge is 2.34. The number of rotatable bonds is 2. The lowest BCUT2D eigenvalue weighted by Gasteiger charge is -2.30. The molecule has 1 aromatic carbocycles. The van der Waals surface area contributed by atoms with Crippen LogP contribution in [0.25, 0.3) is 11.4 Å². The quantitative estimate of drug-likeness (QED) is 0.902. The molecule has 1 aromatic heterocycles. The molecule has 0 atom stereocenters. The SMILES string of the molecule is CC1(c2nc(-c3ccc(F)cc3)no2)CCNCC1. The van der Waals surface area contributed by atoms with Crippen LogP contribution in [0.3, 0.4) is 0 Å². The van der Waals surface area contributed by atoms with Gasteiger partial charge in [0.05, 0.1) is 0 Å². The predicted molar refractivity (Wildman–Crippen MR) is 69.1 cm³/mol. The average Bonchev–Trinajstić information content (AvgIpc) is 2.91. The zero-order valence-electron chi connectivity index (χ0n) is 10.8. The number of benzene rings is 1. The fourth-order valence-corrected chi connectivity index (χ4v) is 2.38. The lowest BCUT2D eigenvalue weighted by molar-refractivity contribution is 0.241. The number of nitrogens with one attached hydrogen (secondary N) is 1. The third-order valence-corrected chi connectivity index (χ3v) is 3.75. The molecular weight excluding hydrogens is 245 g/mol. The fourth-order valence-electron chi connectivity index (χ4n) is 2.38. The Hall–Kier alpha value is -1.75. The monoisotopic (exact) mass is 261 g/mol. The Morgan fingerprint density at radius 2 is 1.89 bits per heavy atom. The minimum Gasteiger partial charge on any atom is -0.338 e. The Morgan fingerprint density at radius 3 is 2.58 bits per heavy atom. The van der Waals surface area contributed by atoms with Crippen molar-refractivity contribution in [1.29, 1.82) is 0 Å².